The number of halogens is 1. The Morgan fingerprint density at radius 2 is 1.71 bits per heavy atom. The van der Waals surface area contributed by atoms with Gasteiger partial charge in [-0.3, -0.25) is 14.3 Å². The number of alkyl carbamates (subject to hydrolysis) is 1. The first-order valence-corrected chi connectivity index (χ1v) is 16.1. The van der Waals surface area contributed by atoms with Crippen LogP contribution in [0.25, 0.3) is 11.3 Å². The molecule has 3 N–H and O–H groups in total. The number of ether oxygens (including phenoxy) is 1. The summed E-state index contributed by atoms with van der Waals surface area (Å²) >= 11 is 6.15. The van der Waals surface area contributed by atoms with E-state index in [0.717, 1.165) is 0 Å². The Morgan fingerprint density at radius 1 is 1.00 bits per heavy atom. The highest BCUT2D eigenvalue weighted by atomic mass is 35.5. The molecule has 3 amide bonds. The van der Waals surface area contributed by atoms with E-state index in [9.17, 15) is 19.5 Å². The summed E-state index contributed by atoms with van der Waals surface area (Å²) in [6.45, 7) is 6.41. The molecule has 1 aliphatic rings. The van der Waals surface area contributed by atoms with Crippen molar-refractivity contribution in [3.63, 3.8) is 0 Å². The SMILES string of the molecule is CN1CCN(C(=O)[C@H](NC(=O)OC(C)(C)C)c2ccccc2)[C@H](C(=O)Nc2ccc(C#Cc3cn(C)nc3-c3cc(Cl)ccc3O)cc2)C1. The Morgan fingerprint density at radius 3 is 2.41 bits per heavy atom. The minimum Gasteiger partial charge on any atom is -0.507 e. The highest BCUT2D eigenvalue weighted by molar-refractivity contribution is 6.31. The number of rotatable bonds is 6. The average molecular weight is 683 g/mol. The van der Waals surface area contributed by atoms with E-state index in [0.29, 0.717) is 58.3 Å². The molecule has 1 saturated heterocycles. The maximum absolute atomic E-state index is 14.1. The number of phenolic OH excluding ortho intramolecular Hbond substituents is 1. The normalized spacial score (nSPS) is 15.5. The Labute approximate surface area is 290 Å². The molecule has 0 bridgehead atoms. The summed E-state index contributed by atoms with van der Waals surface area (Å²) in [6.07, 6.45) is 1.03. The second kappa shape index (κ2) is 14.8. The molecule has 1 aliphatic heterocycles. The molecule has 0 aliphatic carbocycles. The van der Waals surface area contributed by atoms with Gasteiger partial charge in [0.25, 0.3) is 5.91 Å². The Bertz CT molecular complexity index is 1890. The third-order valence-electron chi connectivity index (χ3n) is 7.75. The van der Waals surface area contributed by atoms with Crippen LogP contribution in [-0.4, -0.2) is 80.9 Å². The fourth-order valence-electron chi connectivity index (χ4n) is 5.41. The lowest BCUT2D eigenvalue weighted by Gasteiger charge is -2.40. The Balaban J connectivity index is 1.32. The van der Waals surface area contributed by atoms with Gasteiger partial charge in [0.15, 0.2) is 0 Å². The summed E-state index contributed by atoms with van der Waals surface area (Å²) in [4.78, 5) is 44.1. The van der Waals surface area contributed by atoms with Crippen LogP contribution >= 0.6 is 11.6 Å². The van der Waals surface area contributed by atoms with Gasteiger partial charge in [0.2, 0.25) is 5.91 Å². The molecule has 12 heteroatoms. The predicted molar refractivity (Wildman–Crippen MR) is 188 cm³/mol. The van der Waals surface area contributed by atoms with Gasteiger partial charge in [0.05, 0.1) is 5.56 Å². The van der Waals surface area contributed by atoms with Crippen LogP contribution < -0.4 is 10.6 Å². The molecule has 1 aromatic heterocycles. The van der Waals surface area contributed by atoms with Gasteiger partial charge in [-0.15, -0.1) is 0 Å². The third kappa shape index (κ3) is 8.99. The van der Waals surface area contributed by atoms with Gasteiger partial charge in [0.1, 0.15) is 29.1 Å². The van der Waals surface area contributed by atoms with Crippen LogP contribution in [0.15, 0.2) is 79.0 Å². The zero-order valence-corrected chi connectivity index (χ0v) is 28.8. The van der Waals surface area contributed by atoms with E-state index >= 15 is 0 Å². The van der Waals surface area contributed by atoms with Crippen molar-refractivity contribution in [2.24, 2.45) is 7.05 Å². The number of aromatic hydroxyl groups is 1. The largest absolute Gasteiger partial charge is 0.507 e. The molecule has 254 valence electrons. The van der Waals surface area contributed by atoms with Gasteiger partial charge >= 0.3 is 6.09 Å². The molecular formula is C37H39ClN6O5. The van der Waals surface area contributed by atoms with E-state index in [1.807, 2.05) is 18.0 Å². The molecule has 11 nitrogen and oxygen atoms in total. The zero-order valence-electron chi connectivity index (χ0n) is 28.0. The van der Waals surface area contributed by atoms with Gasteiger partial charge in [0, 0.05) is 54.7 Å². The van der Waals surface area contributed by atoms with Crippen LogP contribution in [0.5, 0.6) is 5.75 Å². The van der Waals surface area contributed by atoms with Gasteiger partial charge in [-0.25, -0.2) is 4.79 Å². The summed E-state index contributed by atoms with van der Waals surface area (Å²) in [5.41, 5.74) is 2.65. The number of carbonyl (C=O) groups excluding carboxylic acids is 3. The first-order chi connectivity index (χ1) is 23.3. The van der Waals surface area contributed by atoms with E-state index in [1.165, 1.54) is 11.0 Å². The lowest BCUT2D eigenvalue weighted by Crippen LogP contribution is -2.60. The number of anilines is 1. The van der Waals surface area contributed by atoms with E-state index < -0.39 is 29.7 Å². The maximum atomic E-state index is 14.1. The average Bonchev–Trinajstić information content (AvgIpc) is 3.43. The second-order valence-corrected chi connectivity index (χ2v) is 13.3. The molecule has 0 radical (unpaired) electrons. The number of likely N-dealkylation sites (N-methyl/N-ethyl adjacent to an activating group) is 1. The molecule has 5 rings (SSSR count). The van der Waals surface area contributed by atoms with Crippen LogP contribution in [-0.2, 0) is 21.4 Å². The fourth-order valence-corrected chi connectivity index (χ4v) is 5.58. The number of carbonyl (C=O) groups is 3. The number of phenols is 1. The lowest BCUT2D eigenvalue weighted by atomic mass is 10.0. The highest BCUT2D eigenvalue weighted by Crippen LogP contribution is 2.32. The van der Waals surface area contributed by atoms with Gasteiger partial charge < -0.3 is 30.3 Å². The summed E-state index contributed by atoms with van der Waals surface area (Å²) in [7, 11) is 3.66. The number of aryl methyl sites for hydroxylation is 1. The van der Waals surface area contributed by atoms with Crippen molar-refractivity contribution in [2.45, 2.75) is 38.5 Å². The van der Waals surface area contributed by atoms with Crippen molar-refractivity contribution in [1.82, 2.24) is 24.9 Å². The van der Waals surface area contributed by atoms with Crippen molar-refractivity contribution >= 4 is 35.2 Å². The lowest BCUT2D eigenvalue weighted by molar-refractivity contribution is -0.143. The molecule has 49 heavy (non-hydrogen) atoms. The molecule has 1 fully saturated rings. The minimum absolute atomic E-state index is 0.0468. The number of nitrogens with one attached hydrogen (secondary N) is 2. The molecular weight excluding hydrogens is 644 g/mol. The zero-order chi connectivity index (χ0) is 35.3. The molecule has 3 aromatic carbocycles. The first-order valence-electron chi connectivity index (χ1n) is 15.8. The van der Waals surface area contributed by atoms with Gasteiger partial charge in [-0.05, 0) is 75.8 Å². The molecule has 0 saturated carbocycles. The topological polar surface area (TPSA) is 129 Å². The maximum Gasteiger partial charge on any atom is 0.408 e. The number of piperazine rings is 1. The Hall–Kier alpha value is -5.31. The molecule has 2 heterocycles. The minimum atomic E-state index is -1.05. The Kier molecular flexibility index (Phi) is 10.6. The van der Waals surface area contributed by atoms with Crippen LogP contribution in [0.3, 0.4) is 0 Å². The molecule has 0 spiro atoms. The number of aromatic nitrogens is 2. The van der Waals surface area contributed by atoms with Crippen molar-refractivity contribution < 1.29 is 24.2 Å². The predicted octanol–water partition coefficient (Wildman–Crippen LogP) is 5.19. The number of hydrogen-bond donors (Lipinski definition) is 3. The number of nitrogens with zero attached hydrogens (tertiary/aromatic N) is 4. The van der Waals surface area contributed by atoms with Crippen molar-refractivity contribution in [3.8, 4) is 28.8 Å². The number of benzene rings is 3. The summed E-state index contributed by atoms with van der Waals surface area (Å²) in [5.74, 6) is 5.51. The van der Waals surface area contributed by atoms with Crippen molar-refractivity contribution in [3.05, 3.63) is 101 Å². The van der Waals surface area contributed by atoms with Crippen LogP contribution in [0.4, 0.5) is 10.5 Å². The van der Waals surface area contributed by atoms with E-state index in [4.69, 9.17) is 16.3 Å². The van der Waals surface area contributed by atoms with Crippen LogP contribution in [0.1, 0.15) is 43.5 Å². The third-order valence-corrected chi connectivity index (χ3v) is 7.98. The van der Waals surface area contributed by atoms with Gasteiger partial charge in [-0.2, -0.15) is 5.10 Å². The molecule has 0 unspecified atom stereocenters. The fraction of sp³-hybridized carbons (Fsp3) is 0.297. The van der Waals surface area contributed by atoms with Crippen molar-refractivity contribution in [2.75, 3.05) is 32.0 Å². The van der Waals surface area contributed by atoms with Gasteiger partial charge in [-0.1, -0.05) is 53.8 Å². The highest BCUT2D eigenvalue weighted by Gasteiger charge is 2.38. The number of hydrogen-bond acceptors (Lipinski definition) is 7. The summed E-state index contributed by atoms with van der Waals surface area (Å²) in [5, 5.41) is 21.0. The van der Waals surface area contributed by atoms with Crippen LogP contribution in [0.2, 0.25) is 5.02 Å². The van der Waals surface area contributed by atoms with Crippen molar-refractivity contribution in [1.29, 1.82) is 0 Å². The quantitative estimate of drug-likeness (QED) is 0.239. The second-order valence-electron chi connectivity index (χ2n) is 12.8. The van der Waals surface area contributed by atoms with Crippen LogP contribution in [0, 0.1) is 11.8 Å². The van der Waals surface area contributed by atoms with E-state index in [1.54, 1.807) is 99.4 Å². The van der Waals surface area contributed by atoms with E-state index in [2.05, 4.69) is 27.6 Å². The smallest absolute Gasteiger partial charge is 0.408 e. The van der Waals surface area contributed by atoms with E-state index in [-0.39, 0.29) is 11.7 Å². The molecule has 4 aromatic rings. The summed E-state index contributed by atoms with van der Waals surface area (Å²) < 4.78 is 7.06. The number of amides is 3. The first kappa shape index (κ1) is 35.0. The standard InChI is InChI=1S/C37H39ClN6O5/c1-37(2,3)49-36(48)40-33(25-9-7-6-8-10-25)35(47)44-20-19-42(4)23-30(44)34(46)39-28-16-12-24(13-17-28)11-14-26-22-43(5)41-32(26)29-21-27(38)15-18-31(29)45/h6-10,12-13,15-18,21-22,30,33,45H,19-20,23H2,1-5H3,(H,39,46)(H,40,48)/t30-,33+/m0/s1. The summed E-state index contributed by atoms with van der Waals surface area (Å²) in [6, 6.07) is 18.8. The monoisotopic (exact) mass is 682 g/mol. The molecule has 2 atom stereocenters.